The number of rotatable bonds is 4. The van der Waals surface area contributed by atoms with Gasteiger partial charge in [-0.15, -0.1) is 0 Å². The van der Waals surface area contributed by atoms with Crippen molar-refractivity contribution in [1.29, 1.82) is 0 Å². The number of aldehydes is 1. The fraction of sp³-hybridized carbons (Fsp3) is 0.389. The molecule has 1 aromatic heterocycles. The molecule has 0 amide bonds. The normalized spacial score (nSPS) is 18.8. The molecule has 2 fully saturated rings. The number of ether oxygens (including phenoxy) is 1. The van der Waals surface area contributed by atoms with Crippen molar-refractivity contribution in [2.24, 2.45) is 11.3 Å². The summed E-state index contributed by atoms with van der Waals surface area (Å²) in [5.74, 6) is 1.83. The Morgan fingerprint density at radius 2 is 2.12 bits per heavy atom. The van der Waals surface area contributed by atoms with E-state index in [0.29, 0.717) is 23.2 Å². The van der Waals surface area contributed by atoms with Gasteiger partial charge >= 0.3 is 0 Å². The van der Waals surface area contributed by atoms with Gasteiger partial charge in [-0.2, -0.15) is 0 Å². The molecule has 1 saturated heterocycles. The van der Waals surface area contributed by atoms with Crippen LogP contribution in [0, 0.1) is 17.2 Å². The van der Waals surface area contributed by atoms with Crippen LogP contribution in [-0.2, 0) is 0 Å². The lowest BCUT2D eigenvalue weighted by atomic mass is 9.58. The number of carbonyl (C=O) groups is 1. The lowest BCUT2D eigenvalue weighted by Gasteiger charge is -2.59. The number of anilines is 1. The molecule has 0 atom stereocenters. The standard InChI is InChI=1S/C18H18FN3O2/c1-12-5-18(6-12)9-22(10-18)17-16(7-20-11-21-17)24-15-3-2-14(19)4-13(15)8-23/h2-4,7-8,11-12H,5-6,9-10H2,1H3. The Morgan fingerprint density at radius 3 is 2.83 bits per heavy atom. The van der Waals surface area contributed by atoms with Gasteiger partial charge in [0.2, 0.25) is 0 Å². The van der Waals surface area contributed by atoms with Gasteiger partial charge in [-0.3, -0.25) is 4.79 Å². The van der Waals surface area contributed by atoms with Gasteiger partial charge in [0.1, 0.15) is 17.9 Å². The molecule has 6 heteroatoms. The highest BCUT2D eigenvalue weighted by Gasteiger charge is 2.51. The maximum absolute atomic E-state index is 13.3. The molecule has 2 aliphatic rings. The first-order valence-electron chi connectivity index (χ1n) is 8.06. The second kappa shape index (κ2) is 5.54. The van der Waals surface area contributed by atoms with Crippen LogP contribution >= 0.6 is 0 Å². The highest BCUT2D eigenvalue weighted by molar-refractivity contribution is 5.79. The molecule has 1 aliphatic heterocycles. The van der Waals surface area contributed by atoms with E-state index in [1.807, 2.05) is 0 Å². The summed E-state index contributed by atoms with van der Waals surface area (Å²) in [7, 11) is 0. The minimum atomic E-state index is -0.474. The molecular weight excluding hydrogens is 309 g/mol. The molecule has 1 aromatic carbocycles. The van der Waals surface area contributed by atoms with Crippen molar-refractivity contribution < 1.29 is 13.9 Å². The van der Waals surface area contributed by atoms with Gasteiger partial charge in [0, 0.05) is 18.5 Å². The van der Waals surface area contributed by atoms with E-state index in [1.165, 1.54) is 31.3 Å². The monoisotopic (exact) mass is 327 g/mol. The van der Waals surface area contributed by atoms with Crippen LogP contribution in [0.25, 0.3) is 0 Å². The number of aromatic nitrogens is 2. The van der Waals surface area contributed by atoms with Gasteiger partial charge < -0.3 is 9.64 Å². The largest absolute Gasteiger partial charge is 0.451 e. The van der Waals surface area contributed by atoms with Crippen molar-refractivity contribution >= 4 is 12.1 Å². The number of halogens is 1. The predicted octanol–water partition coefficient (Wildman–Crippen LogP) is 3.46. The molecule has 0 bridgehead atoms. The van der Waals surface area contributed by atoms with Crippen molar-refractivity contribution in [3.8, 4) is 11.5 Å². The molecule has 0 radical (unpaired) electrons. The minimum absolute atomic E-state index is 0.165. The van der Waals surface area contributed by atoms with E-state index >= 15 is 0 Å². The first-order valence-corrected chi connectivity index (χ1v) is 8.06. The molecule has 124 valence electrons. The molecule has 1 spiro atoms. The molecule has 2 aromatic rings. The van der Waals surface area contributed by atoms with Crippen molar-refractivity contribution in [3.05, 3.63) is 42.1 Å². The highest BCUT2D eigenvalue weighted by Crippen LogP contribution is 2.53. The fourth-order valence-corrected chi connectivity index (χ4v) is 4.03. The third-order valence-corrected chi connectivity index (χ3v) is 4.89. The Labute approximate surface area is 139 Å². The molecule has 1 saturated carbocycles. The average molecular weight is 327 g/mol. The van der Waals surface area contributed by atoms with Gasteiger partial charge in [0.05, 0.1) is 11.8 Å². The summed E-state index contributed by atoms with van der Waals surface area (Å²) < 4.78 is 19.1. The van der Waals surface area contributed by atoms with Gasteiger partial charge in [0.25, 0.3) is 0 Å². The average Bonchev–Trinajstić information content (AvgIpc) is 2.52. The quantitative estimate of drug-likeness (QED) is 0.805. The van der Waals surface area contributed by atoms with E-state index in [2.05, 4.69) is 21.8 Å². The van der Waals surface area contributed by atoms with Crippen LogP contribution in [0.4, 0.5) is 10.2 Å². The van der Waals surface area contributed by atoms with E-state index in [1.54, 1.807) is 6.20 Å². The minimum Gasteiger partial charge on any atom is -0.451 e. The first-order chi connectivity index (χ1) is 11.6. The van der Waals surface area contributed by atoms with E-state index in [4.69, 9.17) is 4.74 Å². The van der Waals surface area contributed by atoms with Crippen LogP contribution in [0.5, 0.6) is 11.5 Å². The summed E-state index contributed by atoms with van der Waals surface area (Å²) in [5.41, 5.74) is 0.601. The predicted molar refractivity (Wildman–Crippen MR) is 86.9 cm³/mol. The van der Waals surface area contributed by atoms with E-state index in [9.17, 15) is 9.18 Å². The zero-order chi connectivity index (χ0) is 16.7. The highest BCUT2D eigenvalue weighted by atomic mass is 19.1. The van der Waals surface area contributed by atoms with E-state index in [-0.39, 0.29) is 5.56 Å². The van der Waals surface area contributed by atoms with Crippen LogP contribution in [0.3, 0.4) is 0 Å². The number of hydrogen-bond acceptors (Lipinski definition) is 5. The molecular formula is C18H18FN3O2. The summed E-state index contributed by atoms with van der Waals surface area (Å²) in [6, 6.07) is 3.86. The van der Waals surface area contributed by atoms with Crippen molar-refractivity contribution in [1.82, 2.24) is 9.97 Å². The molecule has 1 aliphatic carbocycles. The number of hydrogen-bond donors (Lipinski definition) is 0. The maximum atomic E-state index is 13.3. The Hall–Kier alpha value is -2.50. The zero-order valence-corrected chi connectivity index (χ0v) is 13.4. The second-order valence-corrected chi connectivity index (χ2v) is 6.98. The van der Waals surface area contributed by atoms with Gasteiger partial charge in [-0.1, -0.05) is 6.92 Å². The molecule has 2 heterocycles. The summed E-state index contributed by atoms with van der Waals surface area (Å²) in [6.45, 7) is 4.21. The van der Waals surface area contributed by atoms with Crippen molar-refractivity contribution in [3.63, 3.8) is 0 Å². The van der Waals surface area contributed by atoms with Crippen LogP contribution < -0.4 is 9.64 Å². The van der Waals surface area contributed by atoms with E-state index in [0.717, 1.165) is 30.9 Å². The zero-order valence-electron chi connectivity index (χ0n) is 13.4. The molecule has 24 heavy (non-hydrogen) atoms. The fourth-order valence-electron chi connectivity index (χ4n) is 4.03. The Balaban J connectivity index is 1.56. The Morgan fingerprint density at radius 1 is 1.33 bits per heavy atom. The Bertz CT molecular complexity index is 782. The summed E-state index contributed by atoms with van der Waals surface area (Å²) in [6.07, 6.45) is 6.17. The van der Waals surface area contributed by atoms with Gasteiger partial charge in [0.15, 0.2) is 17.9 Å². The lowest BCUT2D eigenvalue weighted by molar-refractivity contribution is 0.0329. The van der Waals surface area contributed by atoms with Crippen LogP contribution in [0.1, 0.15) is 30.1 Å². The Kier molecular flexibility index (Phi) is 3.48. The molecule has 5 nitrogen and oxygen atoms in total. The molecule has 4 rings (SSSR count). The maximum Gasteiger partial charge on any atom is 0.188 e. The summed E-state index contributed by atoms with van der Waals surface area (Å²) in [5, 5.41) is 0. The SMILES string of the molecule is CC1CC2(C1)CN(c1ncncc1Oc1ccc(F)cc1C=O)C2. The summed E-state index contributed by atoms with van der Waals surface area (Å²) >= 11 is 0. The van der Waals surface area contributed by atoms with Crippen LogP contribution in [0.2, 0.25) is 0 Å². The molecule has 0 unspecified atom stereocenters. The van der Waals surface area contributed by atoms with Crippen LogP contribution in [0.15, 0.2) is 30.7 Å². The van der Waals surface area contributed by atoms with Crippen LogP contribution in [-0.4, -0.2) is 29.3 Å². The number of carbonyl (C=O) groups excluding carboxylic acids is 1. The van der Waals surface area contributed by atoms with Gasteiger partial charge in [-0.05, 0) is 37.0 Å². The second-order valence-electron chi connectivity index (χ2n) is 6.98. The number of nitrogens with zero attached hydrogens (tertiary/aromatic N) is 3. The van der Waals surface area contributed by atoms with Crippen molar-refractivity contribution in [2.75, 3.05) is 18.0 Å². The number of benzene rings is 1. The van der Waals surface area contributed by atoms with Crippen molar-refractivity contribution in [2.45, 2.75) is 19.8 Å². The molecule has 0 N–H and O–H groups in total. The first kappa shape index (κ1) is 15.1. The smallest absolute Gasteiger partial charge is 0.188 e. The third kappa shape index (κ3) is 2.52. The lowest BCUT2D eigenvalue weighted by Crippen LogP contribution is -2.62. The van der Waals surface area contributed by atoms with E-state index < -0.39 is 5.82 Å². The summed E-state index contributed by atoms with van der Waals surface area (Å²) in [4.78, 5) is 21.7. The van der Waals surface area contributed by atoms with Gasteiger partial charge in [-0.25, -0.2) is 14.4 Å². The topological polar surface area (TPSA) is 55.3 Å². The third-order valence-electron chi connectivity index (χ3n) is 4.89.